The van der Waals surface area contributed by atoms with Crippen LogP contribution in [0.2, 0.25) is 0 Å². The fourth-order valence-electron chi connectivity index (χ4n) is 3.32. The minimum absolute atomic E-state index is 0.276. The predicted octanol–water partition coefficient (Wildman–Crippen LogP) is 2.10. The molecule has 8 heteroatoms. The zero-order valence-electron chi connectivity index (χ0n) is 17.3. The molecule has 1 fully saturated rings. The summed E-state index contributed by atoms with van der Waals surface area (Å²) >= 11 is 0. The number of ether oxygens (including phenoxy) is 1. The van der Waals surface area contributed by atoms with E-state index in [0.717, 1.165) is 69.7 Å². The molecule has 7 nitrogen and oxygen atoms in total. The summed E-state index contributed by atoms with van der Waals surface area (Å²) in [6.07, 6.45) is 4.47. The van der Waals surface area contributed by atoms with Crippen molar-refractivity contribution in [1.29, 1.82) is 0 Å². The van der Waals surface area contributed by atoms with Crippen molar-refractivity contribution >= 4 is 5.96 Å². The quantitative estimate of drug-likeness (QED) is 0.402. The number of aryl methyl sites for hydroxylation is 1. The standard InChI is InChI=1S/C21H31FN6O/c1-3-23-21(25-7-4-9-27-11-13-29-14-12-27)26-16-18-5-6-20(19(22)15-18)28-10-8-24-17(28)2/h5-6,8,10,15H,3-4,7,9,11-14,16H2,1-2H3,(H2,23,25,26). The minimum Gasteiger partial charge on any atom is -0.379 e. The minimum atomic E-state index is -0.276. The first-order valence-corrected chi connectivity index (χ1v) is 10.3. The van der Waals surface area contributed by atoms with Gasteiger partial charge in [-0.25, -0.2) is 14.4 Å². The number of aromatic nitrogens is 2. The largest absolute Gasteiger partial charge is 0.379 e. The zero-order valence-corrected chi connectivity index (χ0v) is 17.3. The van der Waals surface area contributed by atoms with E-state index in [1.807, 2.05) is 19.9 Å². The van der Waals surface area contributed by atoms with Gasteiger partial charge in [-0.3, -0.25) is 4.90 Å². The number of rotatable bonds is 8. The number of guanidine groups is 1. The second-order valence-corrected chi connectivity index (χ2v) is 7.06. The molecule has 29 heavy (non-hydrogen) atoms. The van der Waals surface area contributed by atoms with Crippen LogP contribution in [0.25, 0.3) is 5.69 Å². The van der Waals surface area contributed by atoms with Crippen LogP contribution in [-0.2, 0) is 11.3 Å². The fraction of sp³-hybridized carbons (Fsp3) is 0.524. The van der Waals surface area contributed by atoms with E-state index in [0.29, 0.717) is 12.2 Å². The summed E-state index contributed by atoms with van der Waals surface area (Å²) in [6.45, 7) is 10.6. The van der Waals surface area contributed by atoms with Crippen molar-refractivity contribution in [2.24, 2.45) is 4.99 Å². The number of hydrogen-bond acceptors (Lipinski definition) is 4. The number of benzene rings is 1. The molecule has 2 aromatic rings. The fourth-order valence-corrected chi connectivity index (χ4v) is 3.32. The summed E-state index contributed by atoms with van der Waals surface area (Å²) in [5, 5.41) is 6.61. The number of hydrogen-bond donors (Lipinski definition) is 2. The highest BCUT2D eigenvalue weighted by molar-refractivity contribution is 5.79. The van der Waals surface area contributed by atoms with E-state index in [1.165, 1.54) is 0 Å². The van der Waals surface area contributed by atoms with Crippen LogP contribution in [-0.4, -0.2) is 66.3 Å². The Bertz CT molecular complexity index is 800. The lowest BCUT2D eigenvalue weighted by molar-refractivity contribution is 0.0376. The molecule has 3 rings (SSSR count). The van der Waals surface area contributed by atoms with E-state index in [-0.39, 0.29) is 5.82 Å². The van der Waals surface area contributed by atoms with Gasteiger partial charge >= 0.3 is 0 Å². The maximum absolute atomic E-state index is 14.5. The normalized spacial score (nSPS) is 15.5. The molecule has 2 N–H and O–H groups in total. The van der Waals surface area contributed by atoms with E-state index in [2.05, 4.69) is 25.5 Å². The van der Waals surface area contributed by atoms with Gasteiger partial charge in [-0.05, 0) is 44.5 Å². The molecule has 0 aliphatic carbocycles. The summed E-state index contributed by atoms with van der Waals surface area (Å²) in [4.78, 5) is 11.2. The lowest BCUT2D eigenvalue weighted by atomic mass is 10.2. The molecule has 0 spiro atoms. The van der Waals surface area contributed by atoms with Gasteiger partial charge in [-0.2, -0.15) is 0 Å². The number of imidazole rings is 1. The molecule has 1 aliphatic rings. The van der Waals surface area contributed by atoms with Crippen molar-refractivity contribution in [3.63, 3.8) is 0 Å². The molecular weight excluding hydrogens is 371 g/mol. The summed E-state index contributed by atoms with van der Waals surface area (Å²) in [5.41, 5.74) is 1.33. The number of halogens is 1. The number of aliphatic imine (C=N–C) groups is 1. The Morgan fingerprint density at radius 3 is 2.79 bits per heavy atom. The van der Waals surface area contributed by atoms with Gasteiger partial charge in [-0.1, -0.05) is 6.07 Å². The average Bonchev–Trinajstić information content (AvgIpc) is 3.15. The molecule has 0 amide bonds. The monoisotopic (exact) mass is 402 g/mol. The SMILES string of the molecule is CCNC(=NCc1ccc(-n2ccnc2C)c(F)c1)NCCCN1CCOCC1. The van der Waals surface area contributed by atoms with Gasteiger partial charge in [-0.15, -0.1) is 0 Å². The highest BCUT2D eigenvalue weighted by atomic mass is 19.1. The first kappa shape index (κ1) is 21.3. The topological polar surface area (TPSA) is 66.7 Å². The van der Waals surface area contributed by atoms with Gasteiger partial charge in [0.25, 0.3) is 0 Å². The summed E-state index contributed by atoms with van der Waals surface area (Å²) < 4.78 is 21.7. The van der Waals surface area contributed by atoms with Crippen molar-refractivity contribution in [2.75, 3.05) is 45.9 Å². The van der Waals surface area contributed by atoms with E-state index in [4.69, 9.17) is 4.74 Å². The molecule has 1 aromatic carbocycles. The van der Waals surface area contributed by atoms with Crippen LogP contribution in [0, 0.1) is 12.7 Å². The van der Waals surface area contributed by atoms with E-state index < -0.39 is 0 Å². The molecule has 0 bridgehead atoms. The Hall–Kier alpha value is -2.45. The van der Waals surface area contributed by atoms with Crippen molar-refractivity contribution in [2.45, 2.75) is 26.8 Å². The van der Waals surface area contributed by atoms with E-state index in [1.54, 1.807) is 29.1 Å². The maximum atomic E-state index is 14.5. The van der Waals surface area contributed by atoms with Gasteiger partial charge in [0.05, 0.1) is 25.4 Å². The Morgan fingerprint density at radius 2 is 2.10 bits per heavy atom. The molecule has 0 radical (unpaired) electrons. The molecule has 1 saturated heterocycles. The summed E-state index contributed by atoms with van der Waals surface area (Å²) in [5.74, 6) is 1.23. The van der Waals surface area contributed by atoms with Crippen LogP contribution < -0.4 is 10.6 Å². The third-order valence-electron chi connectivity index (χ3n) is 4.91. The summed E-state index contributed by atoms with van der Waals surface area (Å²) in [7, 11) is 0. The third kappa shape index (κ3) is 6.27. The van der Waals surface area contributed by atoms with E-state index >= 15 is 0 Å². The van der Waals surface area contributed by atoms with Crippen LogP contribution in [0.5, 0.6) is 0 Å². The molecule has 158 valence electrons. The van der Waals surface area contributed by atoms with Crippen molar-refractivity contribution in [3.8, 4) is 5.69 Å². The lowest BCUT2D eigenvalue weighted by Gasteiger charge is -2.26. The van der Waals surface area contributed by atoms with Gasteiger partial charge in [0.2, 0.25) is 0 Å². The Labute approximate surface area is 172 Å². The molecule has 1 aliphatic heterocycles. The first-order chi connectivity index (χ1) is 14.2. The van der Waals surface area contributed by atoms with Gasteiger partial charge in [0.15, 0.2) is 5.96 Å². The second-order valence-electron chi connectivity index (χ2n) is 7.06. The predicted molar refractivity (Wildman–Crippen MR) is 113 cm³/mol. The van der Waals surface area contributed by atoms with Crippen LogP contribution in [0.4, 0.5) is 4.39 Å². The van der Waals surface area contributed by atoms with Crippen molar-refractivity contribution in [1.82, 2.24) is 25.1 Å². The molecule has 1 aromatic heterocycles. The summed E-state index contributed by atoms with van der Waals surface area (Å²) in [6, 6.07) is 5.22. The van der Waals surface area contributed by atoms with Crippen LogP contribution in [0.15, 0.2) is 35.6 Å². The Morgan fingerprint density at radius 1 is 1.28 bits per heavy atom. The highest BCUT2D eigenvalue weighted by Gasteiger charge is 2.10. The molecule has 0 atom stereocenters. The average molecular weight is 403 g/mol. The lowest BCUT2D eigenvalue weighted by Crippen LogP contribution is -2.40. The smallest absolute Gasteiger partial charge is 0.191 e. The van der Waals surface area contributed by atoms with Crippen LogP contribution in [0.1, 0.15) is 24.7 Å². The molecule has 0 unspecified atom stereocenters. The highest BCUT2D eigenvalue weighted by Crippen LogP contribution is 2.17. The second kappa shape index (κ2) is 10.9. The van der Waals surface area contributed by atoms with E-state index in [9.17, 15) is 4.39 Å². The van der Waals surface area contributed by atoms with Crippen LogP contribution in [0.3, 0.4) is 0 Å². The number of nitrogens with one attached hydrogen (secondary N) is 2. The Balaban J connectivity index is 1.52. The Kier molecular flexibility index (Phi) is 8.01. The third-order valence-corrected chi connectivity index (χ3v) is 4.91. The van der Waals surface area contributed by atoms with Gasteiger partial charge in [0, 0.05) is 38.6 Å². The molecule has 0 saturated carbocycles. The number of morpholine rings is 1. The van der Waals surface area contributed by atoms with Crippen molar-refractivity contribution < 1.29 is 9.13 Å². The first-order valence-electron chi connectivity index (χ1n) is 10.3. The maximum Gasteiger partial charge on any atom is 0.191 e. The van der Waals surface area contributed by atoms with Gasteiger partial charge < -0.3 is 19.9 Å². The van der Waals surface area contributed by atoms with Gasteiger partial charge in [0.1, 0.15) is 11.6 Å². The number of nitrogens with zero attached hydrogens (tertiary/aromatic N) is 4. The van der Waals surface area contributed by atoms with Crippen LogP contribution >= 0.6 is 0 Å². The molecule has 2 heterocycles. The zero-order chi connectivity index (χ0) is 20.5. The van der Waals surface area contributed by atoms with Crippen molar-refractivity contribution in [3.05, 3.63) is 47.8 Å². The molecular formula is C21H31FN6O.